The first kappa shape index (κ1) is 30.6. The van der Waals surface area contributed by atoms with Crippen LogP contribution in [0, 0.1) is 0 Å². The molecule has 0 amide bonds. The normalized spacial score (nSPS) is 11.7. The van der Waals surface area contributed by atoms with Crippen LogP contribution in [0.1, 0.15) is 0 Å². The zero-order valence-corrected chi connectivity index (χ0v) is 29.6. The number of thiazole rings is 1. The topological polar surface area (TPSA) is 64.7 Å². The van der Waals surface area contributed by atoms with E-state index in [-0.39, 0.29) is 0 Å². The minimum atomic E-state index is 0.635. The van der Waals surface area contributed by atoms with Gasteiger partial charge in [0.1, 0.15) is 16.2 Å². The predicted octanol–water partition coefficient (Wildman–Crippen LogP) is 13.0. The molecule has 0 atom stereocenters. The average molecular weight is 709 g/mol. The maximum Gasteiger partial charge on any atom is 0.164 e. The summed E-state index contributed by atoms with van der Waals surface area (Å²) in [7, 11) is 0. The van der Waals surface area contributed by atoms with E-state index in [1.165, 1.54) is 5.39 Å². The van der Waals surface area contributed by atoms with Crippen molar-refractivity contribution in [2.45, 2.75) is 0 Å². The van der Waals surface area contributed by atoms with Crippen molar-refractivity contribution in [3.63, 3.8) is 0 Å². The van der Waals surface area contributed by atoms with Gasteiger partial charge in [0.15, 0.2) is 17.5 Å². The Morgan fingerprint density at radius 1 is 0.370 bits per heavy atom. The maximum absolute atomic E-state index is 6.37. The Hall–Kier alpha value is -7.02. The molecule has 3 heterocycles. The highest BCUT2D eigenvalue weighted by molar-refractivity contribution is 7.21. The van der Waals surface area contributed by atoms with Crippen LogP contribution in [0.15, 0.2) is 174 Å². The molecule has 0 unspecified atom stereocenters. The van der Waals surface area contributed by atoms with Gasteiger partial charge in [0.25, 0.3) is 0 Å². The maximum atomic E-state index is 6.37. The molecule has 252 valence electrons. The average Bonchev–Trinajstić information content (AvgIpc) is 3.83. The lowest BCUT2D eigenvalue weighted by Gasteiger charge is -2.11. The Labute approximate surface area is 313 Å². The van der Waals surface area contributed by atoms with Gasteiger partial charge in [-0.3, -0.25) is 0 Å². The molecule has 8 aromatic carbocycles. The lowest BCUT2D eigenvalue weighted by atomic mass is 9.95. The van der Waals surface area contributed by atoms with Crippen LogP contribution in [0.25, 0.3) is 110 Å². The van der Waals surface area contributed by atoms with Gasteiger partial charge in [0, 0.05) is 39.1 Å². The third kappa shape index (κ3) is 5.23. The molecule has 11 rings (SSSR count). The molecule has 0 fully saturated rings. The smallest absolute Gasteiger partial charge is 0.164 e. The zero-order valence-electron chi connectivity index (χ0n) is 28.8. The zero-order chi connectivity index (χ0) is 35.6. The summed E-state index contributed by atoms with van der Waals surface area (Å²) < 4.78 is 7.51. The molecule has 0 radical (unpaired) electrons. The molecular weight excluding hydrogens is 681 g/mol. The molecule has 3 aromatic heterocycles. The van der Waals surface area contributed by atoms with Crippen molar-refractivity contribution in [2.24, 2.45) is 0 Å². The van der Waals surface area contributed by atoms with E-state index < -0.39 is 0 Å². The molecule has 0 saturated carbocycles. The van der Waals surface area contributed by atoms with Gasteiger partial charge in [-0.05, 0) is 63.0 Å². The first-order chi connectivity index (χ1) is 26.7. The molecule has 54 heavy (non-hydrogen) atoms. The Kier molecular flexibility index (Phi) is 6.97. The summed E-state index contributed by atoms with van der Waals surface area (Å²) in [4.78, 5) is 20.0. The molecule has 0 aliphatic carbocycles. The van der Waals surface area contributed by atoms with Gasteiger partial charge in [-0.2, -0.15) is 0 Å². The number of fused-ring (bicyclic) bond motifs is 6. The van der Waals surface area contributed by atoms with Crippen LogP contribution >= 0.6 is 11.3 Å². The number of nitrogens with zero attached hydrogens (tertiary/aromatic N) is 4. The van der Waals surface area contributed by atoms with E-state index in [1.54, 1.807) is 11.3 Å². The number of aromatic nitrogens is 4. The molecule has 5 nitrogen and oxygen atoms in total. The second kappa shape index (κ2) is 12.3. The van der Waals surface area contributed by atoms with Gasteiger partial charge in [-0.1, -0.05) is 133 Å². The minimum Gasteiger partial charge on any atom is -0.456 e. The van der Waals surface area contributed by atoms with Crippen LogP contribution in [0.5, 0.6) is 0 Å². The van der Waals surface area contributed by atoms with Gasteiger partial charge < -0.3 is 4.42 Å². The summed E-state index contributed by atoms with van der Waals surface area (Å²) in [5, 5.41) is 7.78. The lowest BCUT2D eigenvalue weighted by molar-refractivity contribution is 0.669. The highest BCUT2D eigenvalue weighted by Gasteiger charge is 2.16. The number of rotatable bonds is 5. The predicted molar refractivity (Wildman–Crippen MR) is 222 cm³/mol. The van der Waals surface area contributed by atoms with E-state index in [1.807, 2.05) is 48.5 Å². The summed E-state index contributed by atoms with van der Waals surface area (Å²) >= 11 is 1.71. The van der Waals surface area contributed by atoms with Crippen molar-refractivity contribution in [3.8, 4) is 55.9 Å². The first-order valence-corrected chi connectivity index (χ1v) is 18.7. The van der Waals surface area contributed by atoms with Gasteiger partial charge in [-0.15, -0.1) is 11.3 Å². The number of furan rings is 1. The van der Waals surface area contributed by atoms with Gasteiger partial charge in [0.2, 0.25) is 0 Å². The van der Waals surface area contributed by atoms with Crippen LogP contribution in [0.3, 0.4) is 0 Å². The quantitative estimate of drug-likeness (QED) is 0.178. The van der Waals surface area contributed by atoms with E-state index in [9.17, 15) is 0 Å². The van der Waals surface area contributed by atoms with Crippen LogP contribution < -0.4 is 0 Å². The Balaban J connectivity index is 1.01. The van der Waals surface area contributed by atoms with E-state index in [0.29, 0.717) is 17.5 Å². The van der Waals surface area contributed by atoms with Crippen molar-refractivity contribution >= 4 is 65.0 Å². The Bertz CT molecular complexity index is 3220. The van der Waals surface area contributed by atoms with Crippen molar-refractivity contribution in [1.82, 2.24) is 19.9 Å². The molecule has 6 heteroatoms. The first-order valence-electron chi connectivity index (χ1n) is 17.9. The van der Waals surface area contributed by atoms with Crippen LogP contribution in [0.4, 0.5) is 0 Å². The standard InChI is InChI=1S/C48H28N4OS/c1-3-11-30(12-4-1)45-50-46(35-19-18-29-10-7-8-15-32(29)24-35)52-47(51-45)36-20-22-38-33(25-36)16-9-17-37(38)34-21-23-42-39(26-34)40-27-44-41(28-43(40)53-42)49-48(54-44)31-13-5-2-6-14-31/h1-28H. The monoisotopic (exact) mass is 708 g/mol. The fraction of sp³-hybridized carbons (Fsp3) is 0. The summed E-state index contributed by atoms with van der Waals surface area (Å²) in [6.07, 6.45) is 0. The Morgan fingerprint density at radius 2 is 1.00 bits per heavy atom. The van der Waals surface area contributed by atoms with Crippen molar-refractivity contribution in [3.05, 3.63) is 170 Å². The largest absolute Gasteiger partial charge is 0.456 e. The van der Waals surface area contributed by atoms with E-state index in [4.69, 9.17) is 24.4 Å². The highest BCUT2D eigenvalue weighted by Crippen LogP contribution is 2.39. The summed E-state index contributed by atoms with van der Waals surface area (Å²) in [5.41, 5.74) is 8.89. The van der Waals surface area contributed by atoms with Crippen LogP contribution in [0.2, 0.25) is 0 Å². The molecule has 0 spiro atoms. The summed E-state index contributed by atoms with van der Waals surface area (Å²) in [6.45, 7) is 0. The fourth-order valence-corrected chi connectivity index (χ4v) is 8.41. The van der Waals surface area contributed by atoms with E-state index in [0.717, 1.165) is 86.7 Å². The summed E-state index contributed by atoms with van der Waals surface area (Å²) in [5.74, 6) is 1.92. The number of benzene rings is 8. The van der Waals surface area contributed by atoms with E-state index >= 15 is 0 Å². The van der Waals surface area contributed by atoms with Crippen LogP contribution in [-0.4, -0.2) is 19.9 Å². The van der Waals surface area contributed by atoms with Crippen molar-refractivity contribution in [1.29, 1.82) is 0 Å². The molecule has 11 aromatic rings. The van der Waals surface area contributed by atoms with E-state index in [2.05, 4.69) is 121 Å². The van der Waals surface area contributed by atoms with Gasteiger partial charge in [-0.25, -0.2) is 19.9 Å². The Morgan fingerprint density at radius 3 is 1.80 bits per heavy atom. The molecule has 0 aliphatic heterocycles. The SMILES string of the molecule is c1ccc(-c2nc(-c3ccc4ccccc4c3)nc(-c3ccc4c(-c5ccc6oc7cc8nc(-c9ccccc9)sc8cc7c6c5)cccc4c3)n2)cc1. The van der Waals surface area contributed by atoms with Gasteiger partial charge in [0.05, 0.1) is 10.2 Å². The molecule has 0 N–H and O–H groups in total. The second-order valence-corrected chi connectivity index (χ2v) is 14.5. The number of hydrogen-bond donors (Lipinski definition) is 0. The molecule has 0 saturated heterocycles. The lowest BCUT2D eigenvalue weighted by Crippen LogP contribution is -2.00. The minimum absolute atomic E-state index is 0.635. The third-order valence-corrected chi connectivity index (χ3v) is 11.2. The number of hydrogen-bond acceptors (Lipinski definition) is 6. The second-order valence-electron chi connectivity index (χ2n) is 13.5. The fourth-order valence-electron chi connectivity index (χ4n) is 7.42. The summed E-state index contributed by atoms with van der Waals surface area (Å²) in [6, 6.07) is 58.9. The van der Waals surface area contributed by atoms with Crippen molar-refractivity contribution < 1.29 is 4.42 Å². The molecular formula is C48H28N4OS. The molecule has 0 bridgehead atoms. The van der Waals surface area contributed by atoms with Gasteiger partial charge >= 0.3 is 0 Å². The molecule has 0 aliphatic rings. The third-order valence-electron chi connectivity index (χ3n) is 10.1. The van der Waals surface area contributed by atoms with Crippen molar-refractivity contribution in [2.75, 3.05) is 0 Å². The highest BCUT2D eigenvalue weighted by atomic mass is 32.1. The van der Waals surface area contributed by atoms with Crippen LogP contribution in [-0.2, 0) is 0 Å².